The van der Waals surface area contributed by atoms with Gasteiger partial charge in [0.05, 0.1) is 5.92 Å². The molecule has 1 amide bonds. The number of hydrogen-bond donors (Lipinski definition) is 2. The number of amides is 1. The molecule has 20 heavy (non-hydrogen) atoms. The molecule has 110 valence electrons. The number of benzene rings is 1. The third kappa shape index (κ3) is 4.03. The Morgan fingerprint density at radius 3 is 2.35 bits per heavy atom. The molecule has 0 aliphatic rings. The molecule has 0 heterocycles. The zero-order valence-corrected chi connectivity index (χ0v) is 11.6. The van der Waals surface area contributed by atoms with Gasteiger partial charge in [-0.3, -0.25) is 9.59 Å². The number of ether oxygens (including phenoxy) is 1. The van der Waals surface area contributed by atoms with Gasteiger partial charge in [0.25, 0.3) is 5.91 Å². The standard InChI is InChI=1S/C14H18FNO4/c1-14(2,20-3)13(19)16-8-11(12(17)18)9-4-6-10(15)7-5-9/h4-7,11H,8H2,1-3H3,(H,16,19)(H,17,18). The van der Waals surface area contributed by atoms with Gasteiger partial charge in [-0.2, -0.15) is 0 Å². The van der Waals surface area contributed by atoms with E-state index in [0.29, 0.717) is 5.56 Å². The molecule has 0 aromatic heterocycles. The Balaban J connectivity index is 2.77. The van der Waals surface area contributed by atoms with E-state index < -0.39 is 29.2 Å². The minimum atomic E-state index is -1.09. The highest BCUT2D eigenvalue weighted by atomic mass is 19.1. The van der Waals surface area contributed by atoms with E-state index in [4.69, 9.17) is 4.74 Å². The predicted octanol–water partition coefficient (Wildman–Crippen LogP) is 1.54. The molecular formula is C14H18FNO4. The third-order valence-electron chi connectivity index (χ3n) is 3.09. The Bertz CT molecular complexity index is 484. The van der Waals surface area contributed by atoms with Crippen molar-refractivity contribution < 1.29 is 23.8 Å². The van der Waals surface area contributed by atoms with Crippen LogP contribution in [0.1, 0.15) is 25.3 Å². The summed E-state index contributed by atoms with van der Waals surface area (Å²) in [5, 5.41) is 11.7. The van der Waals surface area contributed by atoms with Crippen LogP contribution in [0.5, 0.6) is 0 Å². The molecule has 2 N–H and O–H groups in total. The number of carbonyl (C=O) groups excluding carboxylic acids is 1. The van der Waals surface area contributed by atoms with Crippen molar-refractivity contribution in [2.24, 2.45) is 0 Å². The Kier molecular flexibility index (Phi) is 5.21. The highest BCUT2D eigenvalue weighted by Crippen LogP contribution is 2.16. The van der Waals surface area contributed by atoms with Gasteiger partial charge in [-0.15, -0.1) is 0 Å². The maximum absolute atomic E-state index is 12.8. The van der Waals surface area contributed by atoms with Crippen LogP contribution < -0.4 is 5.32 Å². The number of halogens is 1. The highest BCUT2D eigenvalue weighted by molar-refractivity contribution is 5.85. The fraction of sp³-hybridized carbons (Fsp3) is 0.429. The van der Waals surface area contributed by atoms with Gasteiger partial charge in [0.15, 0.2) is 0 Å². The van der Waals surface area contributed by atoms with E-state index in [-0.39, 0.29) is 6.54 Å². The molecule has 6 heteroatoms. The lowest BCUT2D eigenvalue weighted by Gasteiger charge is -2.23. The lowest BCUT2D eigenvalue weighted by Crippen LogP contribution is -2.45. The van der Waals surface area contributed by atoms with Crippen molar-refractivity contribution in [3.05, 3.63) is 35.6 Å². The van der Waals surface area contributed by atoms with Gasteiger partial charge < -0.3 is 15.2 Å². The van der Waals surface area contributed by atoms with Crippen LogP contribution in [-0.2, 0) is 14.3 Å². The molecule has 0 bridgehead atoms. The predicted molar refractivity (Wildman–Crippen MR) is 70.9 cm³/mol. The molecule has 0 spiro atoms. The van der Waals surface area contributed by atoms with Gasteiger partial charge in [-0.1, -0.05) is 12.1 Å². The maximum Gasteiger partial charge on any atom is 0.312 e. The van der Waals surface area contributed by atoms with Crippen molar-refractivity contribution in [2.75, 3.05) is 13.7 Å². The molecule has 0 saturated carbocycles. The molecule has 5 nitrogen and oxygen atoms in total. The van der Waals surface area contributed by atoms with Crippen molar-refractivity contribution in [3.8, 4) is 0 Å². The first-order valence-electron chi connectivity index (χ1n) is 6.09. The van der Waals surface area contributed by atoms with Crippen molar-refractivity contribution in [3.63, 3.8) is 0 Å². The monoisotopic (exact) mass is 283 g/mol. The van der Waals surface area contributed by atoms with Gasteiger partial charge in [-0.05, 0) is 31.5 Å². The molecule has 0 aliphatic carbocycles. The van der Waals surface area contributed by atoms with Crippen molar-refractivity contribution >= 4 is 11.9 Å². The number of hydrogen-bond acceptors (Lipinski definition) is 3. The first-order chi connectivity index (χ1) is 9.27. The van der Waals surface area contributed by atoms with Crippen molar-refractivity contribution in [1.29, 1.82) is 0 Å². The molecule has 1 aromatic rings. The van der Waals surface area contributed by atoms with Crippen LogP contribution in [0, 0.1) is 5.82 Å². The third-order valence-corrected chi connectivity index (χ3v) is 3.09. The zero-order valence-electron chi connectivity index (χ0n) is 11.6. The fourth-order valence-corrected chi connectivity index (χ4v) is 1.54. The number of aliphatic carboxylic acids is 1. The molecular weight excluding hydrogens is 265 g/mol. The lowest BCUT2D eigenvalue weighted by atomic mass is 9.98. The second-order valence-corrected chi connectivity index (χ2v) is 4.87. The van der Waals surface area contributed by atoms with Gasteiger partial charge >= 0.3 is 5.97 Å². The average Bonchev–Trinajstić information content (AvgIpc) is 2.40. The lowest BCUT2D eigenvalue weighted by molar-refractivity contribution is -0.141. The summed E-state index contributed by atoms with van der Waals surface area (Å²) in [7, 11) is 1.40. The fourth-order valence-electron chi connectivity index (χ4n) is 1.54. The first kappa shape index (κ1) is 16.1. The highest BCUT2D eigenvalue weighted by Gasteiger charge is 2.29. The minimum Gasteiger partial charge on any atom is -0.481 e. The quantitative estimate of drug-likeness (QED) is 0.830. The summed E-state index contributed by atoms with van der Waals surface area (Å²) in [5.41, 5.74) is -0.610. The van der Waals surface area contributed by atoms with Crippen LogP contribution in [0.4, 0.5) is 4.39 Å². The summed E-state index contributed by atoms with van der Waals surface area (Å²) in [6.07, 6.45) is 0. The molecule has 0 radical (unpaired) electrons. The SMILES string of the molecule is COC(C)(C)C(=O)NCC(C(=O)O)c1ccc(F)cc1. The Morgan fingerprint density at radius 1 is 1.35 bits per heavy atom. The summed E-state index contributed by atoms with van der Waals surface area (Å²) in [5.74, 6) is -2.88. The van der Waals surface area contributed by atoms with Crippen LogP contribution in [0.25, 0.3) is 0 Å². The molecule has 1 unspecified atom stereocenters. The molecule has 1 rings (SSSR count). The maximum atomic E-state index is 12.8. The molecule has 0 aliphatic heterocycles. The van der Waals surface area contributed by atoms with Gasteiger partial charge in [0.1, 0.15) is 11.4 Å². The van der Waals surface area contributed by atoms with Gasteiger partial charge in [0, 0.05) is 13.7 Å². The molecule has 0 saturated heterocycles. The van der Waals surface area contributed by atoms with Crippen LogP contribution in [0.15, 0.2) is 24.3 Å². The van der Waals surface area contributed by atoms with E-state index in [0.717, 1.165) is 0 Å². The number of methoxy groups -OCH3 is 1. The smallest absolute Gasteiger partial charge is 0.312 e. The molecule has 1 aromatic carbocycles. The van der Waals surface area contributed by atoms with Crippen molar-refractivity contribution in [1.82, 2.24) is 5.32 Å². The summed E-state index contributed by atoms with van der Waals surface area (Å²) < 4.78 is 17.8. The summed E-state index contributed by atoms with van der Waals surface area (Å²) in [4.78, 5) is 23.1. The van der Waals surface area contributed by atoms with Crippen LogP contribution in [-0.4, -0.2) is 36.2 Å². The van der Waals surface area contributed by atoms with Gasteiger partial charge in [-0.25, -0.2) is 4.39 Å². The number of carbonyl (C=O) groups is 2. The minimum absolute atomic E-state index is 0.0907. The number of carboxylic acid groups (broad SMARTS) is 1. The van der Waals surface area contributed by atoms with E-state index >= 15 is 0 Å². The van der Waals surface area contributed by atoms with E-state index in [1.54, 1.807) is 13.8 Å². The topological polar surface area (TPSA) is 75.6 Å². The Labute approximate surface area is 116 Å². The van der Waals surface area contributed by atoms with Crippen LogP contribution in [0.2, 0.25) is 0 Å². The largest absolute Gasteiger partial charge is 0.481 e. The Morgan fingerprint density at radius 2 is 1.90 bits per heavy atom. The number of rotatable bonds is 6. The summed E-state index contributed by atoms with van der Waals surface area (Å²) >= 11 is 0. The molecule has 1 atom stereocenters. The van der Waals surface area contributed by atoms with Crippen LogP contribution >= 0.6 is 0 Å². The molecule has 0 fully saturated rings. The van der Waals surface area contributed by atoms with E-state index in [1.807, 2.05) is 0 Å². The second kappa shape index (κ2) is 6.47. The van der Waals surface area contributed by atoms with E-state index in [9.17, 15) is 19.1 Å². The first-order valence-corrected chi connectivity index (χ1v) is 6.09. The Hall–Kier alpha value is -1.95. The number of nitrogens with one attached hydrogen (secondary N) is 1. The van der Waals surface area contributed by atoms with Gasteiger partial charge in [0.2, 0.25) is 0 Å². The summed E-state index contributed by atoms with van der Waals surface area (Å²) in [6.45, 7) is 3.07. The summed E-state index contributed by atoms with van der Waals surface area (Å²) in [6, 6.07) is 5.15. The normalized spacial score (nSPS) is 12.8. The van der Waals surface area contributed by atoms with Crippen LogP contribution in [0.3, 0.4) is 0 Å². The average molecular weight is 283 g/mol. The van der Waals surface area contributed by atoms with E-state index in [1.165, 1.54) is 31.4 Å². The van der Waals surface area contributed by atoms with E-state index in [2.05, 4.69) is 5.32 Å². The zero-order chi connectivity index (χ0) is 15.3. The number of carboxylic acids is 1. The second-order valence-electron chi connectivity index (χ2n) is 4.87. The van der Waals surface area contributed by atoms with Crippen molar-refractivity contribution in [2.45, 2.75) is 25.4 Å².